The Morgan fingerprint density at radius 3 is 2.61 bits per heavy atom. The van der Waals surface area contributed by atoms with E-state index < -0.39 is 17.0 Å². The van der Waals surface area contributed by atoms with Crippen molar-refractivity contribution in [1.29, 1.82) is 0 Å². The molecule has 2 aliphatic rings. The Morgan fingerprint density at radius 2 is 1.97 bits per heavy atom. The van der Waals surface area contributed by atoms with E-state index in [1.165, 1.54) is 0 Å². The number of nitrogens with zero attached hydrogens (tertiary/aromatic N) is 4. The molecular weight excluding hydrogens is 492 g/mol. The highest BCUT2D eigenvalue weighted by Gasteiger charge is 2.38. The number of hydrogen-bond acceptors (Lipinski definition) is 7. The van der Waals surface area contributed by atoms with Crippen LogP contribution in [0, 0.1) is 17.0 Å². The molecule has 2 saturated carbocycles. The van der Waals surface area contributed by atoms with E-state index in [2.05, 4.69) is 20.6 Å². The van der Waals surface area contributed by atoms with Gasteiger partial charge < -0.3 is 21.5 Å². The molecule has 0 radical (unpaired) electrons. The minimum absolute atomic E-state index is 0.0597. The zero-order chi connectivity index (χ0) is 25.6. The van der Waals surface area contributed by atoms with Gasteiger partial charge in [0.25, 0.3) is 0 Å². The van der Waals surface area contributed by atoms with Gasteiger partial charge in [-0.15, -0.1) is 0 Å². The smallest absolute Gasteiger partial charge is 0.224 e. The van der Waals surface area contributed by atoms with Gasteiger partial charge in [-0.05, 0) is 51.0 Å². The van der Waals surface area contributed by atoms with Crippen LogP contribution >= 0.6 is 11.6 Å². The molecule has 2 heterocycles. The van der Waals surface area contributed by atoms with Crippen molar-refractivity contribution >= 4 is 46.3 Å². The van der Waals surface area contributed by atoms with E-state index in [1.54, 1.807) is 6.20 Å². The van der Waals surface area contributed by atoms with Crippen molar-refractivity contribution < 1.29 is 18.7 Å². The average Bonchev–Trinajstić information content (AvgIpc) is 3.39. The summed E-state index contributed by atoms with van der Waals surface area (Å²) in [4.78, 5) is 25.7. The molecule has 2 atom stereocenters. The number of rotatable bonds is 6. The van der Waals surface area contributed by atoms with Crippen LogP contribution in [0.4, 0.5) is 26.4 Å². The second kappa shape index (κ2) is 9.44. The second-order valence-electron chi connectivity index (χ2n) is 10.0. The number of hydrogen-bond donors (Lipinski definition) is 4. The lowest BCUT2D eigenvalue weighted by Gasteiger charge is -2.35. The van der Waals surface area contributed by atoms with Gasteiger partial charge in [0.2, 0.25) is 17.8 Å². The first-order valence-corrected chi connectivity index (χ1v) is 12.4. The van der Waals surface area contributed by atoms with Gasteiger partial charge in [0.05, 0.1) is 23.0 Å². The Bertz CT molecular complexity index is 1290. The number of amides is 1. The molecule has 0 aliphatic heterocycles. The van der Waals surface area contributed by atoms with Crippen LogP contribution in [0.5, 0.6) is 0 Å². The second-order valence-corrected chi connectivity index (χ2v) is 10.4. The SMILES string of the molecule is C[C@]1(C(N)=O)CC[C@@H](n2c(Nc3c(F)cc(F)cc3Cl)nc3cnc(N[C@@H]4CC[C@@H](O)C4)nc32)CC1. The van der Waals surface area contributed by atoms with Gasteiger partial charge in [-0.25, -0.2) is 18.7 Å². The van der Waals surface area contributed by atoms with E-state index in [4.69, 9.17) is 22.3 Å². The number of benzene rings is 1. The first-order chi connectivity index (χ1) is 17.1. The number of aliphatic hydroxyl groups excluding tert-OH is 1. The largest absolute Gasteiger partial charge is 0.393 e. The molecule has 5 rings (SSSR count). The quantitative estimate of drug-likeness (QED) is 0.379. The summed E-state index contributed by atoms with van der Waals surface area (Å²) in [5.41, 5.74) is 5.95. The molecule has 3 aromatic rings. The third-order valence-corrected chi connectivity index (χ3v) is 7.73. The minimum Gasteiger partial charge on any atom is -0.393 e. The summed E-state index contributed by atoms with van der Waals surface area (Å²) in [6.07, 6.45) is 5.79. The van der Waals surface area contributed by atoms with E-state index >= 15 is 0 Å². The number of aromatic nitrogens is 4. The fraction of sp³-hybridized carbons (Fsp3) is 0.500. The van der Waals surface area contributed by atoms with Gasteiger partial charge in [0.15, 0.2) is 11.5 Å². The summed E-state index contributed by atoms with van der Waals surface area (Å²) in [5, 5.41) is 15.9. The summed E-state index contributed by atoms with van der Waals surface area (Å²) in [5.74, 6) is -1.28. The standard InChI is InChI=1S/C24H28ClF2N7O2/c1-24(21(28)36)6-4-14(5-7-24)34-20-18(11-29-22(33-20)30-13-2-3-15(35)10-13)31-23(34)32-19-16(25)8-12(26)9-17(19)27/h8-9,11,13-15,35H,2-7,10H2,1H3,(H2,28,36)(H,31,32)(H,29,30,33)/t13-,14-,15-,24+/m1/s1. The van der Waals surface area contributed by atoms with Crippen LogP contribution in [0.1, 0.15) is 57.9 Å². The summed E-state index contributed by atoms with van der Waals surface area (Å²) < 4.78 is 30.1. The molecule has 5 N–H and O–H groups in total. The summed E-state index contributed by atoms with van der Waals surface area (Å²) >= 11 is 6.14. The normalized spacial score (nSPS) is 26.3. The van der Waals surface area contributed by atoms with Crippen molar-refractivity contribution in [3.8, 4) is 0 Å². The first kappa shape index (κ1) is 24.6. The van der Waals surface area contributed by atoms with E-state index in [-0.39, 0.29) is 40.8 Å². The highest BCUT2D eigenvalue weighted by atomic mass is 35.5. The van der Waals surface area contributed by atoms with E-state index in [0.29, 0.717) is 49.2 Å². The molecule has 0 unspecified atom stereocenters. The maximum atomic E-state index is 14.6. The van der Waals surface area contributed by atoms with E-state index in [1.807, 2.05) is 11.5 Å². The number of carbonyl (C=O) groups is 1. The number of nitrogens with two attached hydrogens (primary N) is 1. The molecule has 36 heavy (non-hydrogen) atoms. The summed E-state index contributed by atoms with van der Waals surface area (Å²) in [6.45, 7) is 1.87. The van der Waals surface area contributed by atoms with Crippen molar-refractivity contribution in [2.45, 2.75) is 70.1 Å². The topological polar surface area (TPSA) is 131 Å². The number of fused-ring (bicyclic) bond motifs is 1. The number of carbonyl (C=O) groups excluding carboxylic acids is 1. The molecule has 192 valence electrons. The Morgan fingerprint density at radius 1 is 1.22 bits per heavy atom. The van der Waals surface area contributed by atoms with Crippen LogP contribution in [0.2, 0.25) is 5.02 Å². The molecule has 0 saturated heterocycles. The molecule has 0 bridgehead atoms. The van der Waals surface area contributed by atoms with Gasteiger partial charge >= 0.3 is 0 Å². The highest BCUT2D eigenvalue weighted by molar-refractivity contribution is 6.33. The summed E-state index contributed by atoms with van der Waals surface area (Å²) in [7, 11) is 0. The van der Waals surface area contributed by atoms with Crippen LogP contribution in [0.15, 0.2) is 18.3 Å². The summed E-state index contributed by atoms with van der Waals surface area (Å²) in [6, 6.07) is 1.72. The van der Waals surface area contributed by atoms with Gasteiger partial charge in [-0.3, -0.25) is 9.36 Å². The predicted octanol–water partition coefficient (Wildman–Crippen LogP) is 4.43. The third kappa shape index (κ3) is 4.69. The van der Waals surface area contributed by atoms with Crippen molar-refractivity contribution in [2.24, 2.45) is 11.1 Å². The van der Waals surface area contributed by atoms with Crippen LogP contribution in [0.3, 0.4) is 0 Å². The predicted molar refractivity (Wildman–Crippen MR) is 132 cm³/mol. The lowest BCUT2D eigenvalue weighted by Crippen LogP contribution is -2.38. The van der Waals surface area contributed by atoms with Crippen molar-refractivity contribution in [2.75, 3.05) is 10.6 Å². The zero-order valence-electron chi connectivity index (χ0n) is 19.8. The Labute approximate surface area is 211 Å². The van der Waals surface area contributed by atoms with Crippen molar-refractivity contribution in [1.82, 2.24) is 19.5 Å². The molecule has 12 heteroatoms. The van der Waals surface area contributed by atoms with Gasteiger partial charge in [0.1, 0.15) is 11.3 Å². The lowest BCUT2D eigenvalue weighted by atomic mass is 9.73. The molecular formula is C24H28ClF2N7O2. The average molecular weight is 520 g/mol. The van der Waals surface area contributed by atoms with Crippen LogP contribution < -0.4 is 16.4 Å². The minimum atomic E-state index is -0.850. The number of imidazole rings is 1. The molecule has 0 spiro atoms. The lowest BCUT2D eigenvalue weighted by molar-refractivity contribution is -0.128. The van der Waals surface area contributed by atoms with Crippen LogP contribution in [0.25, 0.3) is 11.2 Å². The number of halogens is 3. The molecule has 9 nitrogen and oxygen atoms in total. The molecule has 1 aromatic carbocycles. The maximum Gasteiger partial charge on any atom is 0.224 e. The number of anilines is 3. The number of aliphatic hydroxyl groups is 1. The third-order valence-electron chi connectivity index (χ3n) is 7.43. The van der Waals surface area contributed by atoms with Crippen LogP contribution in [-0.2, 0) is 4.79 Å². The fourth-order valence-electron chi connectivity index (χ4n) is 5.18. The van der Waals surface area contributed by atoms with E-state index in [9.17, 15) is 18.7 Å². The monoisotopic (exact) mass is 519 g/mol. The molecule has 2 aromatic heterocycles. The Hall–Kier alpha value is -3.05. The maximum absolute atomic E-state index is 14.6. The van der Waals surface area contributed by atoms with Gasteiger partial charge in [-0.2, -0.15) is 4.98 Å². The highest BCUT2D eigenvalue weighted by Crippen LogP contribution is 2.43. The first-order valence-electron chi connectivity index (χ1n) is 12.0. The number of primary amides is 1. The Balaban J connectivity index is 1.53. The molecule has 2 fully saturated rings. The molecule has 2 aliphatic carbocycles. The zero-order valence-corrected chi connectivity index (χ0v) is 20.5. The fourth-order valence-corrected chi connectivity index (χ4v) is 5.43. The Kier molecular flexibility index (Phi) is 6.46. The van der Waals surface area contributed by atoms with Crippen LogP contribution in [-0.4, -0.2) is 42.7 Å². The number of nitrogens with one attached hydrogen (secondary N) is 2. The van der Waals surface area contributed by atoms with Gasteiger partial charge in [-0.1, -0.05) is 18.5 Å². The van der Waals surface area contributed by atoms with Crippen molar-refractivity contribution in [3.63, 3.8) is 0 Å². The van der Waals surface area contributed by atoms with Crippen molar-refractivity contribution in [3.05, 3.63) is 35.0 Å². The van der Waals surface area contributed by atoms with E-state index in [0.717, 1.165) is 25.0 Å². The molecule has 1 amide bonds. The van der Waals surface area contributed by atoms with Gasteiger partial charge in [0, 0.05) is 23.6 Å².